The predicted octanol–water partition coefficient (Wildman–Crippen LogP) is 6.96. The van der Waals surface area contributed by atoms with E-state index in [0.29, 0.717) is 35.2 Å². The first kappa shape index (κ1) is 23.0. The highest BCUT2D eigenvalue weighted by Crippen LogP contribution is 2.44. The Hall–Kier alpha value is -3.17. The maximum atomic E-state index is 12.0. The van der Waals surface area contributed by atoms with Gasteiger partial charge in [0.2, 0.25) is 0 Å². The zero-order chi connectivity index (χ0) is 23.6. The fourth-order valence-corrected chi connectivity index (χ4v) is 5.45. The van der Waals surface area contributed by atoms with Crippen molar-refractivity contribution in [2.75, 3.05) is 6.61 Å². The number of furan rings is 1. The predicted molar refractivity (Wildman–Crippen MR) is 131 cm³/mol. The van der Waals surface area contributed by atoms with Crippen LogP contribution in [0.25, 0.3) is 11.3 Å². The van der Waals surface area contributed by atoms with Crippen LogP contribution in [0.3, 0.4) is 0 Å². The van der Waals surface area contributed by atoms with Gasteiger partial charge in [0.15, 0.2) is 0 Å². The van der Waals surface area contributed by atoms with Crippen LogP contribution in [-0.2, 0) is 17.6 Å². The number of fused-ring (bicyclic) bond motifs is 1. The number of benzene rings is 1. The first-order valence-corrected chi connectivity index (χ1v) is 12.1. The molecule has 4 rings (SSSR count). The molecule has 33 heavy (non-hydrogen) atoms. The third kappa shape index (κ3) is 4.94. The van der Waals surface area contributed by atoms with Gasteiger partial charge in [-0.15, -0.1) is 11.3 Å². The van der Waals surface area contributed by atoms with Gasteiger partial charge in [-0.25, -0.2) is 9.79 Å². The zero-order valence-electron chi connectivity index (χ0n) is 19.5. The number of hydrogen-bond donors (Lipinski definition) is 0. The topological polar surface area (TPSA) is 75.6 Å². The Morgan fingerprint density at radius 1 is 1.33 bits per heavy atom. The number of thiophene rings is 1. The van der Waals surface area contributed by atoms with Crippen LogP contribution < -0.4 is 0 Å². The normalized spacial score (nSPS) is 15.9. The lowest BCUT2D eigenvalue weighted by molar-refractivity contribution is 0.0526. The van der Waals surface area contributed by atoms with E-state index >= 15 is 0 Å². The lowest BCUT2D eigenvalue weighted by Gasteiger charge is -2.33. The molecule has 0 radical (unpaired) electrons. The molecule has 0 N–H and O–H groups in total. The first-order valence-electron chi connectivity index (χ1n) is 11.3. The Morgan fingerprint density at radius 2 is 2.15 bits per heavy atom. The van der Waals surface area contributed by atoms with Crippen molar-refractivity contribution in [2.24, 2.45) is 16.3 Å². The van der Waals surface area contributed by atoms with Gasteiger partial charge in [0.05, 0.1) is 23.9 Å². The monoisotopic (exact) mass is 460 g/mol. The Labute approximate surface area is 198 Å². The number of hydrogen-bond acceptors (Lipinski definition) is 6. The number of carbonyl (C=O) groups is 1. The summed E-state index contributed by atoms with van der Waals surface area (Å²) in [6.07, 6.45) is 4.72. The van der Waals surface area contributed by atoms with Crippen LogP contribution in [-0.4, -0.2) is 18.8 Å². The molecule has 0 saturated carbocycles. The van der Waals surface area contributed by atoms with E-state index in [1.54, 1.807) is 42.7 Å². The Morgan fingerprint density at radius 3 is 2.88 bits per heavy atom. The molecule has 0 fully saturated rings. The summed E-state index contributed by atoms with van der Waals surface area (Å²) in [6, 6.07) is 13.2. The summed E-state index contributed by atoms with van der Waals surface area (Å²) in [5, 5.41) is 10.5. The minimum Gasteiger partial charge on any atom is -0.462 e. The van der Waals surface area contributed by atoms with Crippen LogP contribution in [0.5, 0.6) is 0 Å². The van der Waals surface area contributed by atoms with Crippen molar-refractivity contribution in [3.05, 3.63) is 63.7 Å². The van der Waals surface area contributed by atoms with Crippen molar-refractivity contribution in [3.63, 3.8) is 0 Å². The van der Waals surface area contributed by atoms with Gasteiger partial charge in [-0.1, -0.05) is 32.9 Å². The molecule has 0 saturated heterocycles. The van der Waals surface area contributed by atoms with Gasteiger partial charge in [0, 0.05) is 10.4 Å². The van der Waals surface area contributed by atoms with Crippen LogP contribution in [0.4, 0.5) is 5.00 Å². The van der Waals surface area contributed by atoms with Crippen LogP contribution in [0.1, 0.15) is 66.2 Å². The molecule has 0 aliphatic heterocycles. The standard InChI is InChI=1S/C27H28N2O3S/c1-5-31-26(30)18-8-6-7-17(13-18)23-12-10-20(32-23)16-29-25-22(15-28)21-11-9-19(27(2,3)4)14-24(21)33-25/h6-8,10,12-13,16,19H,5,9,11,14H2,1-4H3/t19-/m1/s1. The van der Waals surface area contributed by atoms with E-state index in [2.05, 4.69) is 31.8 Å². The highest BCUT2D eigenvalue weighted by Gasteiger charge is 2.32. The molecule has 3 aromatic rings. The summed E-state index contributed by atoms with van der Waals surface area (Å²) in [4.78, 5) is 17.9. The van der Waals surface area contributed by atoms with E-state index in [-0.39, 0.29) is 11.4 Å². The summed E-state index contributed by atoms with van der Waals surface area (Å²) < 4.78 is 11.0. The summed E-state index contributed by atoms with van der Waals surface area (Å²) in [5.41, 5.74) is 3.40. The molecule has 6 heteroatoms. The molecular formula is C27H28N2O3S. The maximum Gasteiger partial charge on any atom is 0.338 e. The highest BCUT2D eigenvalue weighted by atomic mass is 32.1. The minimum atomic E-state index is -0.355. The third-order valence-corrected chi connectivity index (χ3v) is 7.34. The van der Waals surface area contributed by atoms with Crippen molar-refractivity contribution in [1.29, 1.82) is 5.26 Å². The second-order valence-electron chi connectivity index (χ2n) is 9.36. The van der Waals surface area contributed by atoms with Crippen LogP contribution >= 0.6 is 11.3 Å². The third-order valence-electron chi connectivity index (χ3n) is 6.18. The SMILES string of the molecule is CCOC(=O)c1cccc(-c2ccc(C=Nc3sc4c(c3C#N)CC[C@@H](C(C)(C)C)C4)o2)c1. The molecule has 1 aromatic carbocycles. The van der Waals surface area contributed by atoms with Gasteiger partial charge >= 0.3 is 5.97 Å². The average Bonchev–Trinajstić information content (AvgIpc) is 3.41. The van der Waals surface area contributed by atoms with Gasteiger partial charge in [-0.3, -0.25) is 0 Å². The van der Waals surface area contributed by atoms with Gasteiger partial charge in [-0.05, 0) is 67.3 Å². The molecule has 1 aliphatic rings. The Balaban J connectivity index is 1.55. The summed E-state index contributed by atoms with van der Waals surface area (Å²) in [7, 11) is 0. The minimum absolute atomic E-state index is 0.257. The van der Waals surface area contributed by atoms with E-state index in [4.69, 9.17) is 9.15 Å². The van der Waals surface area contributed by atoms with E-state index in [1.807, 2.05) is 18.2 Å². The number of esters is 1. The number of aliphatic imine (C=N–C) groups is 1. The number of carbonyl (C=O) groups excluding carboxylic acids is 1. The zero-order valence-corrected chi connectivity index (χ0v) is 20.3. The lowest BCUT2D eigenvalue weighted by Crippen LogP contribution is -2.26. The smallest absolute Gasteiger partial charge is 0.338 e. The molecule has 0 amide bonds. The van der Waals surface area contributed by atoms with Gasteiger partial charge < -0.3 is 9.15 Å². The number of rotatable bonds is 5. The van der Waals surface area contributed by atoms with E-state index < -0.39 is 0 Å². The van der Waals surface area contributed by atoms with Crippen LogP contribution in [0.15, 0.2) is 45.8 Å². The number of nitriles is 1. The van der Waals surface area contributed by atoms with E-state index in [9.17, 15) is 10.1 Å². The molecular weight excluding hydrogens is 432 g/mol. The maximum absolute atomic E-state index is 12.0. The van der Waals surface area contributed by atoms with E-state index in [0.717, 1.165) is 29.8 Å². The summed E-state index contributed by atoms with van der Waals surface area (Å²) >= 11 is 1.63. The number of nitrogens with zero attached hydrogens (tertiary/aromatic N) is 2. The van der Waals surface area contributed by atoms with Gasteiger partial charge in [-0.2, -0.15) is 5.26 Å². The summed E-state index contributed by atoms with van der Waals surface area (Å²) in [5.74, 6) is 1.49. The lowest BCUT2D eigenvalue weighted by atomic mass is 9.72. The van der Waals surface area contributed by atoms with Gasteiger partial charge in [0.25, 0.3) is 0 Å². The quantitative estimate of drug-likeness (QED) is 0.305. The van der Waals surface area contributed by atoms with Crippen molar-refractivity contribution in [2.45, 2.75) is 47.0 Å². The fourth-order valence-electron chi connectivity index (χ4n) is 4.23. The second kappa shape index (κ2) is 9.36. The largest absolute Gasteiger partial charge is 0.462 e. The Bertz CT molecular complexity index is 1240. The molecule has 2 heterocycles. The molecule has 1 aliphatic carbocycles. The molecule has 1 atom stereocenters. The van der Waals surface area contributed by atoms with Crippen molar-refractivity contribution in [3.8, 4) is 17.4 Å². The van der Waals surface area contributed by atoms with E-state index in [1.165, 1.54) is 10.4 Å². The molecule has 0 unspecified atom stereocenters. The van der Waals surface area contributed by atoms with Crippen LogP contribution in [0, 0.1) is 22.7 Å². The van der Waals surface area contributed by atoms with Gasteiger partial charge in [0.1, 0.15) is 22.6 Å². The second-order valence-corrected chi connectivity index (χ2v) is 10.4. The van der Waals surface area contributed by atoms with Crippen molar-refractivity contribution < 1.29 is 13.9 Å². The average molecular weight is 461 g/mol. The molecule has 2 aromatic heterocycles. The first-order chi connectivity index (χ1) is 15.8. The molecule has 0 spiro atoms. The fraction of sp³-hybridized carbons (Fsp3) is 0.370. The highest BCUT2D eigenvalue weighted by molar-refractivity contribution is 7.16. The van der Waals surface area contributed by atoms with Crippen molar-refractivity contribution in [1.82, 2.24) is 0 Å². The Kier molecular flexibility index (Phi) is 6.53. The number of ether oxygens (including phenoxy) is 1. The van der Waals surface area contributed by atoms with Crippen LogP contribution in [0.2, 0.25) is 0 Å². The molecule has 5 nitrogen and oxygen atoms in total. The molecule has 170 valence electrons. The summed E-state index contributed by atoms with van der Waals surface area (Å²) in [6.45, 7) is 8.98. The van der Waals surface area contributed by atoms with Crippen molar-refractivity contribution >= 4 is 28.5 Å². The molecule has 0 bridgehead atoms.